The Morgan fingerprint density at radius 2 is 1.52 bits per heavy atom. The molecule has 0 spiro atoms. The summed E-state index contributed by atoms with van der Waals surface area (Å²) in [6, 6.07) is 20.4. The van der Waals surface area contributed by atoms with Crippen molar-refractivity contribution >= 4 is 92.2 Å². The van der Waals surface area contributed by atoms with E-state index in [0.717, 1.165) is 53.7 Å². The highest BCUT2D eigenvalue weighted by molar-refractivity contribution is 7.80. The summed E-state index contributed by atoms with van der Waals surface area (Å²) in [6.07, 6.45) is 1.61. The Labute approximate surface area is 447 Å². The summed E-state index contributed by atoms with van der Waals surface area (Å²) >= 11 is 5.55. The fourth-order valence-electron chi connectivity index (χ4n) is 8.88. The van der Waals surface area contributed by atoms with Gasteiger partial charge in [-0.2, -0.15) is 4.98 Å². The number of aromatic amines is 1. The van der Waals surface area contributed by atoms with Crippen molar-refractivity contribution in [1.29, 1.82) is 0 Å². The lowest BCUT2D eigenvalue weighted by molar-refractivity contribution is -0.142. The Morgan fingerprint density at radius 1 is 0.818 bits per heavy atom. The first-order valence-corrected chi connectivity index (χ1v) is 25.6. The van der Waals surface area contributed by atoms with E-state index < -0.39 is 47.4 Å². The Kier molecular flexibility index (Phi) is 18.5. The van der Waals surface area contributed by atoms with Crippen molar-refractivity contribution in [2.24, 2.45) is 0 Å². The van der Waals surface area contributed by atoms with Crippen LogP contribution in [0.25, 0.3) is 44.6 Å². The molecule has 1 aliphatic carbocycles. The maximum atomic E-state index is 13.0. The number of H-pyrrole nitrogens is 1. The number of aromatic nitrogens is 4. The summed E-state index contributed by atoms with van der Waals surface area (Å²) in [7, 11) is 0. The van der Waals surface area contributed by atoms with Crippen LogP contribution in [0.3, 0.4) is 0 Å². The van der Waals surface area contributed by atoms with Crippen LogP contribution in [0.2, 0.25) is 0 Å². The minimum atomic E-state index is -1.45. The van der Waals surface area contributed by atoms with Gasteiger partial charge in [-0.1, -0.05) is 6.07 Å². The van der Waals surface area contributed by atoms with Crippen LogP contribution in [-0.2, 0) is 20.9 Å². The molecule has 11 N–H and O–H groups in total. The zero-order valence-electron chi connectivity index (χ0n) is 42.9. The molecule has 0 saturated heterocycles. The molecule has 2 amide bonds. The average molecular weight is 1070 g/mol. The predicted molar refractivity (Wildman–Crippen MR) is 297 cm³/mol. The Hall–Kier alpha value is -8.99. The predicted octanol–water partition coefficient (Wildman–Crippen LogP) is 5.47. The highest BCUT2D eigenvalue weighted by atomic mass is 32.1. The van der Waals surface area contributed by atoms with Gasteiger partial charge >= 0.3 is 17.9 Å². The number of unbranched alkanes of at least 4 members (excludes halogenated alkanes) is 1. The third-order valence-corrected chi connectivity index (χ3v) is 13.2. The number of benzene rings is 4. The molecule has 23 heteroatoms. The van der Waals surface area contributed by atoms with Crippen LogP contribution >= 0.6 is 12.2 Å². The highest BCUT2D eigenvalue weighted by Gasteiger charge is 2.26. The van der Waals surface area contributed by atoms with E-state index in [1.807, 2.05) is 36.4 Å². The molecule has 2 aliphatic rings. The van der Waals surface area contributed by atoms with Gasteiger partial charge in [-0.25, -0.2) is 28.9 Å². The number of nitrogens with zero attached hydrogens (tertiary/aromatic N) is 5. The van der Waals surface area contributed by atoms with E-state index in [9.17, 15) is 44.1 Å². The number of aromatic carboxylic acids is 1. The van der Waals surface area contributed by atoms with Crippen LogP contribution in [0.15, 0.2) is 94.3 Å². The maximum Gasteiger partial charge on any atom is 0.336 e. The monoisotopic (exact) mass is 1070 g/mol. The van der Waals surface area contributed by atoms with E-state index >= 15 is 0 Å². The van der Waals surface area contributed by atoms with Crippen LogP contribution in [0.4, 0.5) is 23.0 Å². The van der Waals surface area contributed by atoms with Gasteiger partial charge in [0.1, 0.15) is 36.5 Å². The molecule has 402 valence electrons. The first-order valence-electron chi connectivity index (χ1n) is 25.2. The first kappa shape index (κ1) is 55.8. The topological polar surface area (TPSA) is 323 Å². The molecular formula is C54H61N12O10S+. The van der Waals surface area contributed by atoms with E-state index in [1.165, 1.54) is 24.4 Å². The van der Waals surface area contributed by atoms with E-state index in [2.05, 4.69) is 83.7 Å². The van der Waals surface area contributed by atoms with Crippen molar-refractivity contribution < 1.29 is 43.7 Å². The second-order valence-electron chi connectivity index (χ2n) is 17.9. The molecule has 2 unspecified atom stereocenters. The number of amides is 2. The van der Waals surface area contributed by atoms with Crippen molar-refractivity contribution in [2.45, 2.75) is 78.4 Å². The van der Waals surface area contributed by atoms with Crippen LogP contribution < -0.4 is 52.7 Å². The Bertz CT molecular complexity index is 3450. The number of nitrogens with two attached hydrogens (primary N) is 1. The van der Waals surface area contributed by atoms with E-state index in [0.29, 0.717) is 53.4 Å². The summed E-state index contributed by atoms with van der Waals surface area (Å²) in [5.41, 5.74) is 10.4. The number of nitrogen functional groups attached to an aromatic ring is 1. The summed E-state index contributed by atoms with van der Waals surface area (Å²) in [6.45, 7) is 12.0. The number of carbonyl (C=O) groups is 5. The van der Waals surface area contributed by atoms with Crippen molar-refractivity contribution in [3.63, 3.8) is 0 Å². The van der Waals surface area contributed by atoms with Crippen molar-refractivity contribution in [2.75, 3.05) is 54.0 Å². The lowest BCUT2D eigenvalue weighted by Gasteiger charge is -2.22. The largest absolute Gasteiger partial charge is 0.480 e. The number of carboxylic acids is 3. The second-order valence-corrected chi connectivity index (χ2v) is 18.3. The maximum absolute atomic E-state index is 13.0. The number of hydrogen-bond acceptors (Lipinski definition) is 14. The Morgan fingerprint density at radius 3 is 2.21 bits per heavy atom. The van der Waals surface area contributed by atoms with Crippen molar-refractivity contribution in [3.05, 3.63) is 118 Å². The van der Waals surface area contributed by atoms with E-state index in [-0.39, 0.29) is 59.2 Å². The van der Waals surface area contributed by atoms with Crippen LogP contribution in [-0.4, -0.2) is 115 Å². The van der Waals surface area contributed by atoms with Crippen molar-refractivity contribution in [3.8, 4) is 22.5 Å². The number of nitrogens with one attached hydrogen (secondary N) is 6. The van der Waals surface area contributed by atoms with Gasteiger partial charge in [-0.15, -0.1) is 0 Å². The van der Waals surface area contributed by atoms with E-state index in [1.54, 1.807) is 24.3 Å². The molecule has 2 aromatic heterocycles. The van der Waals surface area contributed by atoms with Crippen molar-refractivity contribution in [1.82, 2.24) is 40.5 Å². The molecule has 2 atom stereocenters. The van der Waals surface area contributed by atoms with Gasteiger partial charge < -0.3 is 57.0 Å². The molecule has 3 heterocycles. The zero-order valence-corrected chi connectivity index (χ0v) is 43.8. The van der Waals surface area contributed by atoms with Gasteiger partial charge in [0.15, 0.2) is 16.3 Å². The molecule has 22 nitrogen and oxygen atoms in total. The Balaban J connectivity index is 0.899. The molecule has 1 aliphatic heterocycles. The molecule has 77 heavy (non-hydrogen) atoms. The standard InChI is InChI=1S/C54H60N12O10S/c1-5-65(6-2)34-17-20-37-42(26-34)76-43-27-35(66(7-3)8-4)18-21-38(43)45(37)36-19-16-32(25-39(36)50(70)71)60-54(77)56-24-10-9-11-40(51(72)73)61-44(67)23-22-41(52(74)75)62-48(68)30-12-14-31(15-13-30)57-28-33-29-58-47-46(59-33)49(69)64-53(55)63-47/h12-21,25-27,29,40-41H,5-11,22-24,28H2,1-4H3,(H10,55,56,57,58,61,62,63,64,67,68,69,70,71,72,73,74,75,77)/p+1. The zero-order chi connectivity index (χ0) is 55.3. The third kappa shape index (κ3) is 13.8. The summed E-state index contributed by atoms with van der Waals surface area (Å²) in [4.78, 5) is 92.2. The number of fused-ring (bicyclic) bond motifs is 3. The van der Waals surface area contributed by atoms with Gasteiger partial charge in [0.05, 0.1) is 30.1 Å². The van der Waals surface area contributed by atoms with Gasteiger partial charge in [-0.05, 0) is 126 Å². The smallest absolute Gasteiger partial charge is 0.336 e. The fraction of sp³-hybridized carbons (Fsp3) is 0.315. The second kappa shape index (κ2) is 25.5. The molecule has 5 aromatic rings. The molecular weight excluding hydrogens is 1010 g/mol. The molecule has 0 radical (unpaired) electrons. The van der Waals surface area contributed by atoms with Gasteiger partial charge in [-0.3, -0.25) is 19.4 Å². The summed E-state index contributed by atoms with van der Waals surface area (Å²) < 4.78 is 8.80. The van der Waals surface area contributed by atoms with E-state index in [4.69, 9.17) is 22.4 Å². The number of anilines is 4. The normalized spacial score (nSPS) is 11.9. The number of rotatable bonds is 24. The minimum absolute atomic E-state index is 0.0222. The molecule has 0 bridgehead atoms. The molecule has 3 aromatic carbocycles. The first-order chi connectivity index (χ1) is 37.0. The van der Waals surface area contributed by atoms with Gasteiger partial charge in [0, 0.05) is 77.3 Å². The lowest BCUT2D eigenvalue weighted by Crippen LogP contribution is -2.44. The van der Waals surface area contributed by atoms with Crippen LogP contribution in [0.1, 0.15) is 86.2 Å². The highest BCUT2D eigenvalue weighted by Crippen LogP contribution is 2.42. The fourth-order valence-corrected chi connectivity index (χ4v) is 9.10. The quantitative estimate of drug-likeness (QED) is 0.0155. The number of aliphatic carboxylic acids is 2. The van der Waals surface area contributed by atoms with Gasteiger partial charge in [0.2, 0.25) is 17.2 Å². The van der Waals surface area contributed by atoms with Gasteiger partial charge in [0.25, 0.3) is 11.5 Å². The SMILES string of the molecule is CCN(CC)c1ccc2c(-c3ccc(NC(=S)NCCCCC(NC(=O)CCC(NC(=O)c4ccc(NCc5cnc6nc(N)[nH]c(=O)c6n5)cc4)C(=O)O)C(=O)O)cc3C(=O)O)c3ccc(=[N+](CC)CC)cc-3oc2c1. The average Bonchev–Trinajstić information content (AvgIpc) is 3.43. The molecule has 0 fully saturated rings. The molecule has 0 saturated carbocycles. The minimum Gasteiger partial charge on any atom is -0.480 e. The lowest BCUT2D eigenvalue weighted by atomic mass is 9.90. The number of thiocarbonyl (C=S) groups is 1. The summed E-state index contributed by atoms with van der Waals surface area (Å²) in [5, 5.41) is 46.4. The number of carbonyl (C=O) groups excluding carboxylic acids is 2. The summed E-state index contributed by atoms with van der Waals surface area (Å²) in [5.74, 6) is -4.66. The van der Waals surface area contributed by atoms with Crippen LogP contribution in [0.5, 0.6) is 0 Å². The van der Waals surface area contributed by atoms with Crippen LogP contribution in [0, 0.1) is 0 Å². The number of carboxylic acid groups (broad SMARTS) is 3. The molecule has 7 rings (SSSR count). The third-order valence-electron chi connectivity index (χ3n) is 12.9. The number of hydrogen-bond donors (Lipinski definition) is 10.